The molecular weight excluding hydrogens is 204 g/mol. The predicted molar refractivity (Wildman–Crippen MR) is 62.3 cm³/mol. The molecule has 0 saturated carbocycles. The minimum absolute atomic E-state index is 0.0849. The number of hydrogen-bond acceptors (Lipinski definition) is 5. The zero-order valence-corrected chi connectivity index (χ0v) is 9.42. The Balaban J connectivity index is 2.28. The van der Waals surface area contributed by atoms with E-state index in [-0.39, 0.29) is 11.7 Å². The Morgan fingerprint density at radius 1 is 1.38 bits per heavy atom. The second-order valence-corrected chi connectivity index (χ2v) is 4.12. The average molecular weight is 220 g/mol. The number of fused-ring (bicyclic) bond motifs is 1. The quantitative estimate of drug-likeness (QED) is 0.792. The molecule has 0 fully saturated rings. The van der Waals surface area contributed by atoms with Crippen LogP contribution in [-0.4, -0.2) is 22.3 Å². The van der Waals surface area contributed by atoms with Crippen LogP contribution < -0.4 is 11.1 Å². The number of carbonyl (C=O) groups is 1. The van der Waals surface area contributed by atoms with E-state index in [4.69, 9.17) is 5.73 Å². The number of nitrogens with zero attached hydrogens (tertiary/aromatic N) is 2. The number of ketones is 1. The molecule has 3 N–H and O–H groups in total. The average Bonchev–Trinajstić information content (AvgIpc) is 2.25. The molecule has 0 unspecified atom stereocenters. The Morgan fingerprint density at radius 2 is 2.12 bits per heavy atom. The van der Waals surface area contributed by atoms with Crippen molar-refractivity contribution < 1.29 is 4.79 Å². The zero-order chi connectivity index (χ0) is 11.5. The third kappa shape index (κ3) is 2.29. The van der Waals surface area contributed by atoms with E-state index >= 15 is 0 Å². The molecule has 1 aromatic rings. The Labute approximate surface area is 94.5 Å². The van der Waals surface area contributed by atoms with Gasteiger partial charge in [0.15, 0.2) is 0 Å². The number of carbonyl (C=O) groups excluding carboxylic acids is 1. The number of nitrogens with two attached hydrogens (primary N) is 1. The van der Waals surface area contributed by atoms with Crippen molar-refractivity contribution in [3.05, 3.63) is 11.3 Å². The second-order valence-electron chi connectivity index (χ2n) is 4.12. The van der Waals surface area contributed by atoms with Crippen molar-refractivity contribution in [2.24, 2.45) is 0 Å². The van der Waals surface area contributed by atoms with Crippen LogP contribution in [0.15, 0.2) is 0 Å². The number of hydrogen-bond donors (Lipinski definition) is 2. The first-order valence-electron chi connectivity index (χ1n) is 5.55. The van der Waals surface area contributed by atoms with Crippen molar-refractivity contribution in [3.8, 4) is 0 Å². The number of anilines is 2. The summed E-state index contributed by atoms with van der Waals surface area (Å²) < 4.78 is 0. The van der Waals surface area contributed by atoms with Crippen LogP contribution in [0.5, 0.6) is 0 Å². The molecule has 0 amide bonds. The molecule has 16 heavy (non-hydrogen) atoms. The van der Waals surface area contributed by atoms with Crippen molar-refractivity contribution in [2.45, 2.75) is 32.6 Å². The van der Waals surface area contributed by atoms with Gasteiger partial charge in [-0.2, -0.15) is 4.98 Å². The van der Waals surface area contributed by atoms with Gasteiger partial charge in [0.05, 0.1) is 12.2 Å². The lowest BCUT2D eigenvalue weighted by Gasteiger charge is -2.18. The van der Waals surface area contributed by atoms with E-state index in [9.17, 15) is 4.79 Å². The lowest BCUT2D eigenvalue weighted by Crippen LogP contribution is -2.17. The summed E-state index contributed by atoms with van der Waals surface area (Å²) >= 11 is 0. The Hall–Kier alpha value is -1.65. The van der Waals surface area contributed by atoms with Gasteiger partial charge in [0, 0.05) is 5.56 Å². The molecule has 0 saturated heterocycles. The molecule has 1 aromatic heterocycles. The van der Waals surface area contributed by atoms with Gasteiger partial charge in [-0.25, -0.2) is 4.98 Å². The summed E-state index contributed by atoms with van der Waals surface area (Å²) in [7, 11) is 0. The minimum Gasteiger partial charge on any atom is -0.368 e. The molecule has 5 heteroatoms. The fraction of sp³-hybridized carbons (Fsp3) is 0.545. The molecule has 1 heterocycles. The summed E-state index contributed by atoms with van der Waals surface area (Å²) in [6, 6.07) is 0. The van der Waals surface area contributed by atoms with Crippen molar-refractivity contribution in [3.63, 3.8) is 0 Å². The van der Waals surface area contributed by atoms with Crippen molar-refractivity contribution in [2.75, 3.05) is 17.6 Å². The van der Waals surface area contributed by atoms with Crippen LogP contribution >= 0.6 is 0 Å². The highest BCUT2D eigenvalue weighted by Crippen LogP contribution is 2.25. The summed E-state index contributed by atoms with van der Waals surface area (Å²) in [6.07, 6.45) is 4.22. The van der Waals surface area contributed by atoms with Crippen LogP contribution in [0.4, 0.5) is 11.8 Å². The fourth-order valence-electron chi connectivity index (χ4n) is 1.97. The molecular formula is C11H16N4O. The molecule has 0 bridgehead atoms. The van der Waals surface area contributed by atoms with E-state index in [2.05, 4.69) is 15.3 Å². The Kier molecular flexibility index (Phi) is 3.03. The number of aromatic nitrogens is 2. The number of Topliss-reactive ketones (excluding diaryl/α,β-unsaturated/α-hetero) is 1. The van der Waals surface area contributed by atoms with Crippen molar-refractivity contribution >= 4 is 17.5 Å². The van der Waals surface area contributed by atoms with Gasteiger partial charge in [-0.15, -0.1) is 0 Å². The van der Waals surface area contributed by atoms with Crippen LogP contribution in [0.3, 0.4) is 0 Å². The largest absolute Gasteiger partial charge is 0.368 e. The highest BCUT2D eigenvalue weighted by molar-refractivity contribution is 5.80. The van der Waals surface area contributed by atoms with Crippen molar-refractivity contribution in [1.29, 1.82) is 0 Å². The first kappa shape index (κ1) is 10.9. The van der Waals surface area contributed by atoms with Gasteiger partial charge in [0.25, 0.3) is 0 Å². The maximum Gasteiger partial charge on any atom is 0.222 e. The van der Waals surface area contributed by atoms with Crippen LogP contribution in [0.2, 0.25) is 0 Å². The predicted octanol–water partition coefficient (Wildman–Crippen LogP) is 0.938. The number of rotatable bonds is 3. The van der Waals surface area contributed by atoms with Crippen LogP contribution in [0.25, 0.3) is 0 Å². The molecule has 0 atom stereocenters. The molecule has 0 radical (unpaired) electrons. The summed E-state index contributed by atoms with van der Waals surface area (Å²) in [4.78, 5) is 19.3. The van der Waals surface area contributed by atoms with Crippen LogP contribution in [-0.2, 0) is 17.6 Å². The highest BCUT2D eigenvalue weighted by Gasteiger charge is 2.16. The van der Waals surface area contributed by atoms with Gasteiger partial charge in [0.1, 0.15) is 11.6 Å². The number of aryl methyl sites for hydroxylation is 1. The second kappa shape index (κ2) is 4.47. The minimum atomic E-state index is 0.0849. The van der Waals surface area contributed by atoms with Crippen molar-refractivity contribution in [1.82, 2.24) is 9.97 Å². The molecule has 5 nitrogen and oxygen atoms in total. The summed E-state index contributed by atoms with van der Waals surface area (Å²) in [5.41, 5.74) is 7.80. The van der Waals surface area contributed by atoms with E-state index < -0.39 is 0 Å². The maximum absolute atomic E-state index is 10.9. The molecule has 0 aromatic carbocycles. The van der Waals surface area contributed by atoms with Crippen LogP contribution in [0, 0.1) is 0 Å². The first-order valence-corrected chi connectivity index (χ1v) is 5.55. The number of nitrogen functional groups attached to an aromatic ring is 1. The van der Waals surface area contributed by atoms with E-state index in [1.54, 1.807) is 6.92 Å². The summed E-state index contributed by atoms with van der Waals surface area (Å²) in [5.74, 6) is 1.10. The van der Waals surface area contributed by atoms with E-state index in [1.165, 1.54) is 0 Å². The Bertz CT molecular complexity index is 417. The van der Waals surface area contributed by atoms with E-state index in [1.807, 2.05) is 0 Å². The zero-order valence-electron chi connectivity index (χ0n) is 9.42. The molecule has 1 aliphatic rings. The fourth-order valence-corrected chi connectivity index (χ4v) is 1.97. The van der Waals surface area contributed by atoms with Gasteiger partial charge in [-0.1, -0.05) is 0 Å². The Morgan fingerprint density at radius 3 is 2.88 bits per heavy atom. The smallest absolute Gasteiger partial charge is 0.222 e. The van der Waals surface area contributed by atoms with E-state index in [0.29, 0.717) is 6.54 Å². The maximum atomic E-state index is 10.9. The standard InChI is InChI=1S/C11H16N4O/c1-7(16)6-13-10-8-4-2-3-5-9(8)14-11(12)15-10/h2-6H2,1H3,(H3,12,13,14,15). The summed E-state index contributed by atoms with van der Waals surface area (Å²) in [5, 5.41) is 3.03. The molecule has 86 valence electrons. The lowest BCUT2D eigenvalue weighted by molar-refractivity contribution is -0.115. The topological polar surface area (TPSA) is 80.9 Å². The highest BCUT2D eigenvalue weighted by atomic mass is 16.1. The summed E-state index contributed by atoms with van der Waals surface area (Å²) in [6.45, 7) is 1.84. The third-order valence-electron chi connectivity index (χ3n) is 2.71. The molecule has 0 spiro atoms. The normalized spacial score (nSPS) is 14.3. The van der Waals surface area contributed by atoms with Gasteiger partial charge in [-0.3, -0.25) is 4.79 Å². The SMILES string of the molecule is CC(=O)CNc1nc(N)nc2c1CCCC2. The van der Waals surface area contributed by atoms with Gasteiger partial charge in [-0.05, 0) is 32.6 Å². The van der Waals surface area contributed by atoms with Gasteiger partial charge >= 0.3 is 0 Å². The third-order valence-corrected chi connectivity index (χ3v) is 2.71. The van der Waals surface area contributed by atoms with Gasteiger partial charge in [0.2, 0.25) is 5.95 Å². The van der Waals surface area contributed by atoms with E-state index in [0.717, 1.165) is 42.8 Å². The lowest BCUT2D eigenvalue weighted by atomic mass is 9.96. The molecule has 0 aliphatic heterocycles. The molecule has 2 rings (SSSR count). The molecule has 1 aliphatic carbocycles. The monoisotopic (exact) mass is 220 g/mol. The first-order chi connectivity index (χ1) is 7.66. The van der Waals surface area contributed by atoms with Gasteiger partial charge < -0.3 is 11.1 Å². The number of nitrogens with one attached hydrogen (secondary N) is 1. The van der Waals surface area contributed by atoms with Crippen LogP contribution in [0.1, 0.15) is 31.0 Å².